The lowest BCUT2D eigenvalue weighted by atomic mass is 10.2. The van der Waals surface area contributed by atoms with Crippen molar-refractivity contribution in [3.8, 4) is 11.5 Å². The minimum absolute atomic E-state index is 0.0466. The lowest BCUT2D eigenvalue weighted by molar-refractivity contribution is -0.153. The third-order valence-corrected chi connectivity index (χ3v) is 3.60. The van der Waals surface area contributed by atoms with Gasteiger partial charge in [-0.3, -0.25) is 0 Å². The molecule has 0 heterocycles. The van der Waals surface area contributed by atoms with Gasteiger partial charge in [0.25, 0.3) is 0 Å². The van der Waals surface area contributed by atoms with Gasteiger partial charge in [-0.25, -0.2) is 13.2 Å². The Morgan fingerprint density at radius 2 is 1.35 bits per heavy atom. The van der Waals surface area contributed by atoms with Crippen LogP contribution >= 0.6 is 12.2 Å². The Bertz CT molecular complexity index is 891. The van der Waals surface area contributed by atoms with Gasteiger partial charge in [-0.15, -0.1) is 0 Å². The first-order chi connectivity index (χ1) is 14.3. The van der Waals surface area contributed by atoms with Crippen molar-refractivity contribution in [2.24, 2.45) is 0 Å². The molecule has 2 N–H and O–H groups in total. The Hall–Kier alpha value is -2.83. The third-order valence-electron chi connectivity index (χ3n) is 3.39. The number of ether oxygens (including phenoxy) is 2. The highest BCUT2D eigenvalue weighted by Crippen LogP contribution is 2.30. The predicted octanol–water partition coefficient (Wildman–Crippen LogP) is 5.85. The van der Waals surface area contributed by atoms with E-state index in [1.165, 1.54) is 12.1 Å². The molecule has 0 fully saturated rings. The number of thiocarbonyl (C=S) groups is 1. The van der Waals surface area contributed by atoms with Crippen LogP contribution in [0.25, 0.3) is 0 Å². The van der Waals surface area contributed by atoms with Gasteiger partial charge in [0.1, 0.15) is 17.3 Å². The Morgan fingerprint density at radius 3 is 1.87 bits per heavy atom. The van der Waals surface area contributed by atoms with Crippen LogP contribution in [0.1, 0.15) is 0 Å². The molecule has 0 saturated heterocycles. The number of anilines is 2. The number of nitrogens with one attached hydrogen (secondary N) is 2. The van der Waals surface area contributed by atoms with Crippen LogP contribution < -0.4 is 20.1 Å². The number of rotatable bonds is 8. The van der Waals surface area contributed by atoms with E-state index in [4.69, 9.17) is 12.2 Å². The van der Waals surface area contributed by atoms with Gasteiger partial charge in [-0.05, 0) is 36.5 Å². The molecule has 170 valence electrons. The molecule has 0 unspecified atom stereocenters. The van der Waals surface area contributed by atoms with Gasteiger partial charge in [-0.1, -0.05) is 0 Å². The summed E-state index contributed by atoms with van der Waals surface area (Å²) in [5, 5.41) is 5.12. The molecular weight excluding hydrogens is 460 g/mol. The maximum absolute atomic E-state index is 13.1. The molecule has 2 aromatic rings. The first-order valence-corrected chi connectivity index (χ1v) is 8.72. The molecule has 0 bridgehead atoms. The summed E-state index contributed by atoms with van der Waals surface area (Å²) in [5.74, 6) is -5.88. The van der Waals surface area contributed by atoms with Crippen LogP contribution in [0.4, 0.5) is 46.5 Å². The van der Waals surface area contributed by atoms with Gasteiger partial charge < -0.3 is 20.1 Å². The van der Waals surface area contributed by atoms with Gasteiger partial charge in [0.2, 0.25) is 0 Å². The highest BCUT2D eigenvalue weighted by atomic mass is 32.1. The van der Waals surface area contributed by atoms with Crippen LogP contribution in [0.3, 0.4) is 0 Å². The van der Waals surface area contributed by atoms with Crippen LogP contribution in [0.2, 0.25) is 0 Å². The van der Waals surface area contributed by atoms with Gasteiger partial charge in [-0.2, -0.15) is 22.0 Å². The van der Waals surface area contributed by atoms with Crippen LogP contribution in [0, 0.1) is 5.82 Å². The van der Waals surface area contributed by atoms with E-state index < -0.39 is 49.1 Å². The smallest absolute Gasteiger partial charge is 0.422 e. The van der Waals surface area contributed by atoms with Crippen molar-refractivity contribution in [1.82, 2.24) is 0 Å². The van der Waals surface area contributed by atoms with Crippen molar-refractivity contribution in [3.63, 3.8) is 0 Å². The summed E-state index contributed by atoms with van der Waals surface area (Å²) in [5.41, 5.74) is 0.325. The predicted molar refractivity (Wildman–Crippen MR) is 101 cm³/mol. The number of benzene rings is 2. The normalized spacial score (nSPS) is 11.9. The summed E-state index contributed by atoms with van der Waals surface area (Å²) in [7, 11) is 0. The van der Waals surface area contributed by atoms with Crippen LogP contribution in [0.15, 0.2) is 42.5 Å². The first-order valence-electron chi connectivity index (χ1n) is 8.31. The van der Waals surface area contributed by atoms with E-state index in [1.807, 2.05) is 0 Å². The Balaban J connectivity index is 2.16. The third kappa shape index (κ3) is 8.44. The fourth-order valence-corrected chi connectivity index (χ4v) is 2.28. The number of halogens is 8. The fraction of sp³-hybridized carbons (Fsp3) is 0.278. The maximum Gasteiger partial charge on any atom is 0.422 e. The topological polar surface area (TPSA) is 42.5 Å². The molecule has 0 aliphatic rings. The highest BCUT2D eigenvalue weighted by molar-refractivity contribution is 7.80. The molecule has 4 nitrogen and oxygen atoms in total. The molecule has 2 aromatic carbocycles. The Morgan fingerprint density at radius 1 is 0.839 bits per heavy atom. The molecule has 0 aromatic heterocycles. The molecule has 13 heteroatoms. The molecule has 0 amide bonds. The Kier molecular flexibility index (Phi) is 7.87. The van der Waals surface area contributed by atoms with Gasteiger partial charge in [0, 0.05) is 29.6 Å². The lowest BCUT2D eigenvalue weighted by Crippen LogP contribution is -2.33. The SMILES string of the molecule is Fc1ccc(NC(=S)Nc2cc(OCC(F)(F)F)cc(OCC(F)(F)C(F)F)c2)cc1. The lowest BCUT2D eigenvalue weighted by Gasteiger charge is -2.18. The first kappa shape index (κ1) is 24.4. The second kappa shape index (κ2) is 9.98. The van der Waals surface area contributed by atoms with Crippen molar-refractivity contribution in [2.45, 2.75) is 18.5 Å². The zero-order valence-corrected chi connectivity index (χ0v) is 16.1. The van der Waals surface area contributed by atoms with E-state index in [-0.39, 0.29) is 10.8 Å². The van der Waals surface area contributed by atoms with Crippen molar-refractivity contribution in [1.29, 1.82) is 0 Å². The average molecular weight is 474 g/mol. The Labute approximate surface area is 176 Å². The highest BCUT2D eigenvalue weighted by Gasteiger charge is 2.41. The van der Waals surface area contributed by atoms with E-state index in [0.29, 0.717) is 5.69 Å². The molecular formula is C18H14F8N2O2S. The molecule has 0 atom stereocenters. The molecule has 0 saturated carbocycles. The average Bonchev–Trinajstić information content (AvgIpc) is 2.66. The summed E-state index contributed by atoms with van der Waals surface area (Å²) >= 11 is 5.02. The molecule has 0 aliphatic carbocycles. The molecule has 2 rings (SSSR count). The molecule has 0 aliphatic heterocycles. The van der Waals surface area contributed by atoms with E-state index >= 15 is 0 Å². The second-order valence-electron chi connectivity index (χ2n) is 6.03. The van der Waals surface area contributed by atoms with Gasteiger partial charge >= 0.3 is 18.5 Å². The molecule has 0 spiro atoms. The minimum Gasteiger partial charge on any atom is -0.487 e. The van der Waals surface area contributed by atoms with Gasteiger partial charge in [0.05, 0.1) is 0 Å². The van der Waals surface area contributed by atoms with E-state index in [1.54, 1.807) is 0 Å². The van der Waals surface area contributed by atoms with Crippen LogP contribution in [0.5, 0.6) is 11.5 Å². The largest absolute Gasteiger partial charge is 0.487 e. The van der Waals surface area contributed by atoms with Crippen molar-refractivity contribution < 1.29 is 44.6 Å². The summed E-state index contributed by atoms with van der Waals surface area (Å²) in [4.78, 5) is 0. The summed E-state index contributed by atoms with van der Waals surface area (Å²) in [6, 6.07) is 7.93. The standard InChI is InChI=1S/C18H14F8N2O2S/c19-10-1-3-11(4-2-10)27-16(31)28-12-5-13(29-8-17(22,23)15(20)21)7-14(6-12)30-9-18(24,25)26/h1-7,15H,8-9H2,(H2,27,28,31). The monoisotopic (exact) mass is 474 g/mol. The maximum atomic E-state index is 13.1. The van der Waals surface area contributed by atoms with E-state index in [0.717, 1.165) is 30.3 Å². The van der Waals surface area contributed by atoms with Crippen LogP contribution in [-0.4, -0.2) is 36.9 Å². The van der Waals surface area contributed by atoms with Gasteiger partial charge in [0.15, 0.2) is 18.3 Å². The number of alkyl halides is 7. The van der Waals surface area contributed by atoms with E-state index in [2.05, 4.69) is 20.1 Å². The van der Waals surface area contributed by atoms with Crippen molar-refractivity contribution >= 4 is 28.7 Å². The zero-order chi connectivity index (χ0) is 23.2. The number of hydrogen-bond acceptors (Lipinski definition) is 3. The van der Waals surface area contributed by atoms with Crippen molar-refractivity contribution in [2.75, 3.05) is 23.8 Å². The van der Waals surface area contributed by atoms with Crippen LogP contribution in [-0.2, 0) is 0 Å². The van der Waals surface area contributed by atoms with Crippen molar-refractivity contribution in [3.05, 3.63) is 48.3 Å². The number of hydrogen-bond donors (Lipinski definition) is 2. The molecule has 0 radical (unpaired) electrons. The quantitative estimate of drug-likeness (QED) is 0.371. The zero-order valence-electron chi connectivity index (χ0n) is 15.3. The summed E-state index contributed by atoms with van der Waals surface area (Å²) in [6.07, 6.45) is -8.69. The fourth-order valence-electron chi connectivity index (χ4n) is 2.04. The summed E-state index contributed by atoms with van der Waals surface area (Å²) < 4.78 is 110. The van der Waals surface area contributed by atoms with E-state index in [9.17, 15) is 35.1 Å². The summed E-state index contributed by atoms with van der Waals surface area (Å²) in [6.45, 7) is -3.41. The minimum atomic E-state index is -4.69. The second-order valence-corrected chi connectivity index (χ2v) is 6.44. The molecule has 31 heavy (non-hydrogen) atoms.